The number of nitrogens with one attached hydrogen (secondary N) is 1. The number of ether oxygens (including phenoxy) is 3. The van der Waals surface area contributed by atoms with Crippen LogP contribution in [0.25, 0.3) is 16.6 Å². The second-order valence-corrected chi connectivity index (χ2v) is 6.39. The van der Waals surface area contributed by atoms with E-state index in [4.69, 9.17) is 14.2 Å². The Hall–Kier alpha value is -3.66. The third kappa shape index (κ3) is 3.41. The number of rotatable bonds is 7. The highest BCUT2D eigenvalue weighted by atomic mass is 19.1. The van der Waals surface area contributed by atoms with E-state index in [1.165, 1.54) is 23.8 Å². The Bertz CT molecular complexity index is 1230. The molecule has 0 atom stereocenters. The normalized spacial score (nSPS) is 11.1. The van der Waals surface area contributed by atoms with Crippen molar-refractivity contribution in [1.82, 2.24) is 19.6 Å². The summed E-state index contributed by atoms with van der Waals surface area (Å²) in [7, 11) is 4.61. The molecule has 0 aliphatic carbocycles. The van der Waals surface area contributed by atoms with Gasteiger partial charge in [-0.15, -0.1) is 5.10 Å². The van der Waals surface area contributed by atoms with Crippen molar-refractivity contribution in [3.8, 4) is 17.2 Å². The van der Waals surface area contributed by atoms with E-state index in [1.54, 1.807) is 20.3 Å². The van der Waals surface area contributed by atoms with Crippen LogP contribution in [-0.2, 0) is 13.2 Å². The number of benzene rings is 2. The van der Waals surface area contributed by atoms with Crippen molar-refractivity contribution in [3.63, 3.8) is 0 Å². The molecular weight excluding hydrogens is 393 g/mol. The predicted octanol–water partition coefficient (Wildman–Crippen LogP) is 2.55. The van der Waals surface area contributed by atoms with E-state index in [-0.39, 0.29) is 18.2 Å². The SMILES string of the molecule is COc1ccc(CNc2nc3c(OC)cc(F)cc3c3nc(CO)nn23)c(OC)c1. The van der Waals surface area contributed by atoms with Gasteiger partial charge >= 0.3 is 0 Å². The Morgan fingerprint density at radius 2 is 1.83 bits per heavy atom. The first-order chi connectivity index (χ1) is 14.6. The van der Waals surface area contributed by atoms with Crippen molar-refractivity contribution < 1.29 is 23.7 Å². The molecule has 0 saturated heterocycles. The number of aliphatic hydroxyl groups is 1. The van der Waals surface area contributed by atoms with Gasteiger partial charge in [0.2, 0.25) is 5.95 Å². The largest absolute Gasteiger partial charge is 0.497 e. The van der Waals surface area contributed by atoms with Crippen LogP contribution in [0, 0.1) is 5.82 Å². The van der Waals surface area contributed by atoms with Crippen LogP contribution in [0.2, 0.25) is 0 Å². The number of aromatic nitrogens is 4. The number of anilines is 1. The highest BCUT2D eigenvalue weighted by molar-refractivity contribution is 5.96. The molecular formula is C20H20FN5O4. The van der Waals surface area contributed by atoms with Crippen molar-refractivity contribution >= 4 is 22.5 Å². The van der Waals surface area contributed by atoms with E-state index in [0.717, 1.165) is 5.56 Å². The van der Waals surface area contributed by atoms with Gasteiger partial charge in [-0.2, -0.15) is 4.52 Å². The lowest BCUT2D eigenvalue weighted by Crippen LogP contribution is -2.09. The molecule has 0 aliphatic heterocycles. The maximum Gasteiger partial charge on any atom is 0.226 e. The molecule has 0 fully saturated rings. The average molecular weight is 413 g/mol. The van der Waals surface area contributed by atoms with E-state index >= 15 is 0 Å². The minimum Gasteiger partial charge on any atom is -0.497 e. The first-order valence-electron chi connectivity index (χ1n) is 9.06. The van der Waals surface area contributed by atoms with E-state index in [0.29, 0.717) is 40.5 Å². The van der Waals surface area contributed by atoms with Crippen LogP contribution in [0.4, 0.5) is 10.3 Å². The van der Waals surface area contributed by atoms with Crippen LogP contribution in [-0.4, -0.2) is 46.0 Å². The standard InChI is InChI=1S/C20H20FN5O4/c1-28-13-5-4-11(15(8-13)29-2)9-22-20-24-18-14(6-12(21)7-16(18)30-3)19-23-17(10-27)25-26(19)20/h4-8,27H,9-10H2,1-3H3,(H,22,24). The predicted molar refractivity (Wildman–Crippen MR) is 108 cm³/mol. The van der Waals surface area contributed by atoms with Crippen molar-refractivity contribution in [2.24, 2.45) is 0 Å². The van der Waals surface area contributed by atoms with E-state index in [1.807, 2.05) is 12.1 Å². The van der Waals surface area contributed by atoms with Crippen LogP contribution in [0.3, 0.4) is 0 Å². The van der Waals surface area contributed by atoms with Gasteiger partial charge in [-0.3, -0.25) is 0 Å². The van der Waals surface area contributed by atoms with Crippen LogP contribution < -0.4 is 19.5 Å². The molecule has 0 saturated carbocycles. The van der Waals surface area contributed by atoms with Gasteiger partial charge in [-0.1, -0.05) is 0 Å². The van der Waals surface area contributed by atoms with Gasteiger partial charge in [0, 0.05) is 24.2 Å². The lowest BCUT2D eigenvalue weighted by Gasteiger charge is -2.13. The highest BCUT2D eigenvalue weighted by Gasteiger charge is 2.17. The fraction of sp³-hybridized carbons (Fsp3) is 0.250. The molecule has 0 unspecified atom stereocenters. The van der Waals surface area contributed by atoms with E-state index in [2.05, 4.69) is 20.4 Å². The summed E-state index contributed by atoms with van der Waals surface area (Å²) >= 11 is 0. The van der Waals surface area contributed by atoms with Crippen LogP contribution in [0.1, 0.15) is 11.4 Å². The number of fused-ring (bicyclic) bond motifs is 3. The van der Waals surface area contributed by atoms with Crippen molar-refractivity contribution in [3.05, 3.63) is 47.5 Å². The smallest absolute Gasteiger partial charge is 0.226 e. The number of hydrogen-bond donors (Lipinski definition) is 2. The summed E-state index contributed by atoms with van der Waals surface area (Å²) in [5.41, 5.74) is 1.64. The van der Waals surface area contributed by atoms with Gasteiger partial charge in [0.25, 0.3) is 0 Å². The lowest BCUT2D eigenvalue weighted by atomic mass is 10.2. The zero-order valence-corrected chi connectivity index (χ0v) is 16.6. The zero-order valence-electron chi connectivity index (χ0n) is 16.6. The molecule has 30 heavy (non-hydrogen) atoms. The maximum absolute atomic E-state index is 14.1. The molecule has 0 amide bonds. The van der Waals surface area contributed by atoms with Gasteiger partial charge in [0.1, 0.15) is 35.2 Å². The molecule has 0 spiro atoms. The number of nitrogens with zero attached hydrogens (tertiary/aromatic N) is 4. The van der Waals surface area contributed by atoms with Crippen molar-refractivity contribution in [2.75, 3.05) is 26.6 Å². The third-order valence-corrected chi connectivity index (χ3v) is 4.64. The molecule has 4 rings (SSSR count). The number of aliphatic hydroxyl groups excluding tert-OH is 1. The Balaban J connectivity index is 1.82. The minimum atomic E-state index is -0.486. The number of hydrogen-bond acceptors (Lipinski definition) is 8. The lowest BCUT2D eigenvalue weighted by molar-refractivity contribution is 0.271. The van der Waals surface area contributed by atoms with Gasteiger partial charge in [0.05, 0.1) is 26.7 Å². The molecule has 0 bridgehead atoms. The second kappa shape index (κ2) is 7.99. The molecule has 4 aromatic rings. The molecule has 156 valence electrons. The maximum atomic E-state index is 14.1. The quantitative estimate of drug-likeness (QED) is 0.477. The van der Waals surface area contributed by atoms with Gasteiger partial charge < -0.3 is 24.6 Å². The molecule has 0 aliphatic rings. The summed E-state index contributed by atoms with van der Waals surface area (Å²) in [4.78, 5) is 8.88. The fourth-order valence-electron chi connectivity index (χ4n) is 3.20. The molecule has 0 radical (unpaired) electrons. The summed E-state index contributed by atoms with van der Waals surface area (Å²) < 4.78 is 31.5. The van der Waals surface area contributed by atoms with E-state index < -0.39 is 5.82 Å². The summed E-state index contributed by atoms with van der Waals surface area (Å²) in [5, 5.41) is 17.4. The molecule has 2 aromatic heterocycles. The number of halogens is 1. The molecule has 2 N–H and O–H groups in total. The molecule has 10 heteroatoms. The van der Waals surface area contributed by atoms with Crippen molar-refractivity contribution in [2.45, 2.75) is 13.2 Å². The van der Waals surface area contributed by atoms with Crippen LogP contribution in [0.5, 0.6) is 17.2 Å². The van der Waals surface area contributed by atoms with Gasteiger partial charge in [0.15, 0.2) is 11.5 Å². The molecule has 2 heterocycles. The van der Waals surface area contributed by atoms with E-state index in [9.17, 15) is 9.50 Å². The molecule has 9 nitrogen and oxygen atoms in total. The Labute approximate surface area is 171 Å². The molecule has 2 aromatic carbocycles. The first kappa shape index (κ1) is 19.6. The Morgan fingerprint density at radius 1 is 1.03 bits per heavy atom. The van der Waals surface area contributed by atoms with Crippen LogP contribution >= 0.6 is 0 Å². The topological polar surface area (TPSA) is 103 Å². The minimum absolute atomic E-state index is 0.192. The third-order valence-electron chi connectivity index (χ3n) is 4.64. The Kier molecular flexibility index (Phi) is 5.23. The van der Waals surface area contributed by atoms with Crippen LogP contribution in [0.15, 0.2) is 30.3 Å². The summed E-state index contributed by atoms with van der Waals surface area (Å²) in [5.74, 6) is 1.65. The Morgan fingerprint density at radius 3 is 2.53 bits per heavy atom. The van der Waals surface area contributed by atoms with Crippen molar-refractivity contribution in [1.29, 1.82) is 0 Å². The zero-order chi connectivity index (χ0) is 21.3. The fourth-order valence-corrected chi connectivity index (χ4v) is 3.20. The second-order valence-electron chi connectivity index (χ2n) is 6.39. The number of methoxy groups -OCH3 is 3. The summed E-state index contributed by atoms with van der Waals surface area (Å²) in [6.45, 7) is -0.0000303. The first-order valence-corrected chi connectivity index (χ1v) is 9.06. The van der Waals surface area contributed by atoms with Gasteiger partial charge in [-0.25, -0.2) is 14.4 Å². The highest BCUT2D eigenvalue weighted by Crippen LogP contribution is 2.30. The monoisotopic (exact) mass is 413 g/mol. The van der Waals surface area contributed by atoms with Gasteiger partial charge in [-0.05, 0) is 18.2 Å². The summed E-state index contributed by atoms with van der Waals surface area (Å²) in [6, 6.07) is 8.05. The summed E-state index contributed by atoms with van der Waals surface area (Å²) in [6.07, 6.45) is 0. The average Bonchev–Trinajstić information content (AvgIpc) is 3.22.